The number of halogens is 1. The number of nitrogens with zero attached hydrogens (tertiary/aromatic N) is 2. The van der Waals surface area contributed by atoms with Crippen LogP contribution >= 0.6 is 11.6 Å². The van der Waals surface area contributed by atoms with Gasteiger partial charge in [-0.1, -0.05) is 18.2 Å². The number of phenolic OH excluding ortho intramolecular Hbond substituents is 1. The van der Waals surface area contributed by atoms with E-state index in [1.807, 2.05) is 0 Å². The van der Waals surface area contributed by atoms with Crippen molar-refractivity contribution >= 4 is 33.2 Å². The number of piperazine rings is 1. The van der Waals surface area contributed by atoms with Gasteiger partial charge in [-0.3, -0.25) is 4.79 Å². The number of sulfonamides is 1. The van der Waals surface area contributed by atoms with Gasteiger partial charge >= 0.3 is 0 Å². The molecule has 1 saturated heterocycles. The molecule has 24 heavy (non-hydrogen) atoms. The molecule has 0 aliphatic carbocycles. The lowest BCUT2D eigenvalue weighted by molar-refractivity contribution is -0.130. The van der Waals surface area contributed by atoms with Gasteiger partial charge in [-0.15, -0.1) is 0 Å². The maximum absolute atomic E-state index is 12.2. The predicted octanol–water partition coefficient (Wildman–Crippen LogP) is 1.38. The topological polar surface area (TPSA) is 90.0 Å². The number of rotatable bonds is 5. The van der Waals surface area contributed by atoms with Crippen molar-refractivity contribution in [1.82, 2.24) is 9.21 Å². The summed E-state index contributed by atoms with van der Waals surface area (Å²) in [5, 5.41) is 14.1. The van der Waals surface area contributed by atoms with Crippen molar-refractivity contribution in [1.29, 1.82) is 0 Å². The molecule has 0 saturated carbocycles. The average molecular weight is 374 g/mol. The molecule has 1 fully saturated rings. The Labute approximate surface area is 146 Å². The first-order chi connectivity index (χ1) is 11.2. The highest BCUT2D eigenvalue weighted by Crippen LogP contribution is 2.29. The van der Waals surface area contributed by atoms with Crippen molar-refractivity contribution in [2.45, 2.75) is 6.92 Å². The summed E-state index contributed by atoms with van der Waals surface area (Å²) in [6.07, 6.45) is 0. The number of benzene rings is 1. The number of amides is 1. The van der Waals surface area contributed by atoms with Gasteiger partial charge in [-0.05, 0) is 18.6 Å². The number of aromatic hydroxyl groups is 1. The summed E-state index contributed by atoms with van der Waals surface area (Å²) in [6, 6.07) is 3.09. The highest BCUT2D eigenvalue weighted by atomic mass is 35.5. The molecule has 7 nitrogen and oxygen atoms in total. The van der Waals surface area contributed by atoms with Crippen LogP contribution in [-0.4, -0.2) is 61.4 Å². The van der Waals surface area contributed by atoms with Crippen molar-refractivity contribution in [2.24, 2.45) is 0 Å². The van der Waals surface area contributed by atoms with Gasteiger partial charge in [0.05, 0.1) is 12.2 Å². The van der Waals surface area contributed by atoms with Crippen LogP contribution in [0, 0.1) is 6.92 Å². The lowest BCUT2D eigenvalue weighted by Crippen LogP contribution is -2.51. The molecule has 1 heterocycles. The minimum absolute atomic E-state index is 0.00282. The van der Waals surface area contributed by atoms with Gasteiger partial charge in [-0.2, -0.15) is 4.31 Å². The van der Waals surface area contributed by atoms with Crippen LogP contribution in [0.2, 0.25) is 5.02 Å². The molecule has 1 amide bonds. The van der Waals surface area contributed by atoms with E-state index in [2.05, 4.69) is 11.9 Å². The number of phenols is 1. The summed E-state index contributed by atoms with van der Waals surface area (Å²) in [5.74, 6) is -0.196. The summed E-state index contributed by atoms with van der Waals surface area (Å²) < 4.78 is 24.7. The molecule has 1 aliphatic heterocycles. The van der Waals surface area contributed by atoms with E-state index >= 15 is 0 Å². The van der Waals surface area contributed by atoms with Crippen LogP contribution in [0.3, 0.4) is 0 Å². The second-order valence-corrected chi connectivity index (χ2v) is 7.75. The second-order valence-electron chi connectivity index (χ2n) is 5.46. The highest BCUT2D eigenvalue weighted by molar-refractivity contribution is 7.92. The van der Waals surface area contributed by atoms with Crippen molar-refractivity contribution in [3.05, 3.63) is 34.7 Å². The van der Waals surface area contributed by atoms with E-state index in [9.17, 15) is 18.3 Å². The van der Waals surface area contributed by atoms with Gasteiger partial charge in [0.25, 0.3) is 0 Å². The van der Waals surface area contributed by atoms with E-state index in [4.69, 9.17) is 11.6 Å². The van der Waals surface area contributed by atoms with Crippen LogP contribution in [0.25, 0.3) is 0 Å². The number of hydrogen-bond acceptors (Lipinski definition) is 5. The summed E-state index contributed by atoms with van der Waals surface area (Å²) in [4.78, 5) is 13.8. The van der Waals surface area contributed by atoms with E-state index in [1.54, 1.807) is 17.9 Å². The Bertz CT molecular complexity index is 743. The molecule has 1 aliphatic rings. The van der Waals surface area contributed by atoms with E-state index in [0.717, 1.165) is 11.0 Å². The smallest absolute Gasteiger partial charge is 0.241 e. The van der Waals surface area contributed by atoms with Crippen LogP contribution in [0.5, 0.6) is 5.75 Å². The number of carbonyl (C=O) groups is 1. The third kappa shape index (κ3) is 4.19. The first kappa shape index (κ1) is 18.6. The van der Waals surface area contributed by atoms with E-state index in [1.165, 1.54) is 10.4 Å². The fourth-order valence-corrected chi connectivity index (χ4v) is 3.43. The summed E-state index contributed by atoms with van der Waals surface area (Å²) in [7, 11) is -3.44. The number of carbonyl (C=O) groups excluding carboxylic acids is 1. The zero-order valence-corrected chi connectivity index (χ0v) is 14.9. The van der Waals surface area contributed by atoms with Gasteiger partial charge < -0.3 is 15.3 Å². The molecule has 0 aromatic heterocycles. The highest BCUT2D eigenvalue weighted by Gasteiger charge is 2.26. The van der Waals surface area contributed by atoms with Crippen LogP contribution in [-0.2, 0) is 14.8 Å². The molecule has 1 aromatic rings. The maximum atomic E-state index is 12.2. The maximum Gasteiger partial charge on any atom is 0.241 e. The fraction of sp³-hybridized carbons (Fsp3) is 0.400. The quantitative estimate of drug-likeness (QED) is 0.761. The minimum atomic E-state index is -3.44. The van der Waals surface area contributed by atoms with Crippen LogP contribution < -0.4 is 5.32 Å². The Kier molecular flexibility index (Phi) is 5.74. The first-order valence-corrected chi connectivity index (χ1v) is 9.26. The monoisotopic (exact) mass is 373 g/mol. The van der Waals surface area contributed by atoms with Crippen molar-refractivity contribution in [3.63, 3.8) is 0 Å². The van der Waals surface area contributed by atoms with Crippen LogP contribution in [0.4, 0.5) is 5.69 Å². The molecular formula is C15H20ClN3O4S. The molecule has 0 unspecified atom stereocenters. The number of aryl methyl sites for hydroxylation is 1. The van der Waals surface area contributed by atoms with Crippen LogP contribution in [0.1, 0.15) is 5.56 Å². The molecule has 0 atom stereocenters. The molecular weight excluding hydrogens is 354 g/mol. The molecule has 2 N–H and O–H groups in total. The Balaban J connectivity index is 1.91. The van der Waals surface area contributed by atoms with Gasteiger partial charge in [0.15, 0.2) is 0 Å². The van der Waals surface area contributed by atoms with E-state index in [0.29, 0.717) is 23.8 Å². The van der Waals surface area contributed by atoms with Gasteiger partial charge in [0.1, 0.15) is 5.75 Å². The van der Waals surface area contributed by atoms with E-state index in [-0.39, 0.29) is 31.3 Å². The molecule has 0 bridgehead atoms. The standard InChI is InChI=1S/C15H20ClN3O4S/c1-3-24(22,23)19-6-4-18(5-7-19)15(21)10-17-13-8-11(2)12(16)9-14(13)20/h3,8-9,17,20H,1,4-7,10H2,2H3. The third-order valence-corrected chi connectivity index (χ3v) is 5.78. The Hall–Kier alpha value is -1.77. The Morgan fingerprint density at radius 2 is 2.00 bits per heavy atom. The number of nitrogens with one attached hydrogen (secondary N) is 1. The molecule has 1 aromatic carbocycles. The lowest BCUT2D eigenvalue weighted by atomic mass is 10.2. The zero-order chi connectivity index (χ0) is 17.9. The number of anilines is 1. The van der Waals surface area contributed by atoms with Gasteiger partial charge in [-0.25, -0.2) is 8.42 Å². The summed E-state index contributed by atoms with van der Waals surface area (Å²) in [5.41, 5.74) is 1.21. The molecule has 9 heteroatoms. The van der Waals surface area contributed by atoms with Crippen molar-refractivity contribution in [2.75, 3.05) is 38.0 Å². The molecule has 2 rings (SSSR count). The van der Waals surface area contributed by atoms with Crippen LogP contribution in [0.15, 0.2) is 24.1 Å². The van der Waals surface area contributed by atoms with Crippen molar-refractivity contribution in [3.8, 4) is 5.75 Å². The normalized spacial score (nSPS) is 16.0. The molecule has 0 radical (unpaired) electrons. The molecule has 132 valence electrons. The SMILES string of the molecule is C=CS(=O)(=O)N1CCN(C(=O)CNc2cc(C)c(Cl)cc2O)CC1. The second kappa shape index (κ2) is 7.42. The summed E-state index contributed by atoms with van der Waals surface area (Å²) >= 11 is 5.91. The average Bonchev–Trinajstić information content (AvgIpc) is 2.56. The largest absolute Gasteiger partial charge is 0.506 e. The predicted molar refractivity (Wildman–Crippen MR) is 93.6 cm³/mol. The minimum Gasteiger partial charge on any atom is -0.506 e. The lowest BCUT2D eigenvalue weighted by Gasteiger charge is -2.33. The first-order valence-electron chi connectivity index (χ1n) is 7.38. The van der Waals surface area contributed by atoms with Crippen molar-refractivity contribution < 1.29 is 18.3 Å². The van der Waals surface area contributed by atoms with E-state index < -0.39 is 10.0 Å². The Morgan fingerprint density at radius 3 is 2.58 bits per heavy atom. The fourth-order valence-electron chi connectivity index (χ4n) is 2.39. The Morgan fingerprint density at radius 1 is 1.38 bits per heavy atom. The zero-order valence-electron chi connectivity index (χ0n) is 13.3. The number of hydrogen-bond donors (Lipinski definition) is 2. The third-order valence-electron chi connectivity index (χ3n) is 3.87. The molecule has 0 spiro atoms. The van der Waals surface area contributed by atoms with Gasteiger partial charge in [0.2, 0.25) is 15.9 Å². The van der Waals surface area contributed by atoms with Gasteiger partial charge in [0, 0.05) is 42.7 Å². The summed E-state index contributed by atoms with van der Waals surface area (Å²) in [6.45, 7) is 6.22.